The highest BCUT2D eigenvalue weighted by atomic mass is 31.2. The average Bonchev–Trinajstić information content (AvgIpc) is 2.23. The molecule has 0 fully saturated rings. The summed E-state index contributed by atoms with van der Waals surface area (Å²) in [6.07, 6.45) is 6.66. The van der Waals surface area contributed by atoms with Crippen LogP contribution in [0.4, 0.5) is 0 Å². The van der Waals surface area contributed by atoms with Crippen molar-refractivity contribution in [2.24, 2.45) is 0 Å². The summed E-state index contributed by atoms with van der Waals surface area (Å²) >= 11 is 0. The number of unbranched alkanes of at least 4 members (excludes halogenated alkanes) is 6. The first-order valence-electron chi connectivity index (χ1n) is 6.46. The maximum Gasteiger partial charge on any atom is 0.470 e. The van der Waals surface area contributed by atoms with Crippen LogP contribution in [0, 0.1) is 0 Å². The molecule has 0 amide bonds. The Hall–Kier alpha value is 0.260. The van der Waals surface area contributed by atoms with Crippen LogP contribution in [0.15, 0.2) is 0 Å². The summed E-state index contributed by atoms with van der Waals surface area (Å²) in [5.74, 6) is -1.72. The summed E-state index contributed by atoms with van der Waals surface area (Å²) in [4.78, 5) is 35.1. The van der Waals surface area contributed by atoms with E-state index in [9.17, 15) is 9.13 Å². The third kappa shape index (κ3) is 11.8. The molecular weight excluding hydrogens is 294 g/mol. The van der Waals surface area contributed by atoms with Gasteiger partial charge in [0.2, 0.25) is 0 Å². The second-order valence-corrected chi connectivity index (χ2v) is 7.50. The summed E-state index contributed by atoms with van der Waals surface area (Å²) in [7, 11) is -9.53. The molecule has 1 unspecified atom stereocenters. The van der Waals surface area contributed by atoms with E-state index >= 15 is 0 Å². The molecule has 0 aliphatic rings. The van der Waals surface area contributed by atoms with Crippen molar-refractivity contribution in [3.8, 4) is 0 Å². The van der Waals surface area contributed by atoms with Gasteiger partial charge in [0.25, 0.3) is 0 Å². The molecule has 4 N–H and O–H groups in total. The Morgan fingerprint density at radius 1 is 0.895 bits per heavy atom. The van der Waals surface area contributed by atoms with Gasteiger partial charge in [-0.1, -0.05) is 51.9 Å². The van der Waals surface area contributed by atoms with E-state index < -0.39 is 21.3 Å². The number of rotatable bonds is 11. The first-order valence-corrected chi connectivity index (χ1v) is 9.67. The predicted octanol–water partition coefficient (Wildman–Crippen LogP) is 2.74. The van der Waals surface area contributed by atoms with Crippen LogP contribution in [0.5, 0.6) is 0 Å². The highest BCUT2D eigenvalue weighted by molar-refractivity contribution is 7.53. The second-order valence-electron chi connectivity index (χ2n) is 4.55. The highest BCUT2D eigenvalue weighted by Crippen LogP contribution is 2.52. The van der Waals surface area contributed by atoms with Crippen LogP contribution >= 0.6 is 15.4 Å². The van der Waals surface area contributed by atoms with Gasteiger partial charge in [-0.3, -0.25) is 9.09 Å². The van der Waals surface area contributed by atoms with Crippen molar-refractivity contribution in [2.75, 3.05) is 0 Å². The molecule has 19 heavy (non-hydrogen) atoms. The molecule has 0 aromatic carbocycles. The van der Waals surface area contributed by atoms with Gasteiger partial charge < -0.3 is 19.6 Å². The van der Waals surface area contributed by atoms with Crippen LogP contribution < -0.4 is 0 Å². The number of hydrogen-bond acceptors (Lipinski definition) is 3. The zero-order chi connectivity index (χ0) is 14.9. The SMILES string of the molecule is CCCCCCCCCC(OP(=O)(O)O)P(=O)(O)O. The maximum atomic E-state index is 11.0. The minimum Gasteiger partial charge on any atom is -0.323 e. The molecule has 0 aromatic rings. The smallest absolute Gasteiger partial charge is 0.323 e. The predicted molar refractivity (Wildman–Crippen MR) is 71.6 cm³/mol. The molecule has 0 aliphatic carbocycles. The van der Waals surface area contributed by atoms with E-state index in [4.69, 9.17) is 19.6 Å². The van der Waals surface area contributed by atoms with E-state index in [-0.39, 0.29) is 6.42 Å². The summed E-state index contributed by atoms with van der Waals surface area (Å²) in [5.41, 5.74) is 0. The molecule has 0 radical (unpaired) electrons. The quantitative estimate of drug-likeness (QED) is 0.341. The molecular formula is C10H24O7P2. The van der Waals surface area contributed by atoms with E-state index in [0.29, 0.717) is 6.42 Å². The van der Waals surface area contributed by atoms with Gasteiger partial charge in [0.15, 0.2) is 5.85 Å². The first kappa shape index (κ1) is 19.3. The number of hydrogen-bond donors (Lipinski definition) is 4. The fourth-order valence-electron chi connectivity index (χ4n) is 1.72. The minimum atomic E-state index is -4.88. The molecule has 116 valence electrons. The molecule has 0 aliphatic heterocycles. The Kier molecular flexibility index (Phi) is 9.37. The van der Waals surface area contributed by atoms with Gasteiger partial charge in [-0.15, -0.1) is 0 Å². The Balaban J connectivity index is 3.95. The normalized spacial score (nSPS) is 14.6. The monoisotopic (exact) mass is 318 g/mol. The van der Waals surface area contributed by atoms with Crippen molar-refractivity contribution in [3.63, 3.8) is 0 Å². The van der Waals surface area contributed by atoms with Crippen LogP contribution in [0.2, 0.25) is 0 Å². The summed E-state index contributed by atoms with van der Waals surface area (Å²) in [5, 5.41) is 0. The Morgan fingerprint density at radius 2 is 1.37 bits per heavy atom. The van der Waals surface area contributed by atoms with Crippen molar-refractivity contribution >= 4 is 15.4 Å². The maximum absolute atomic E-state index is 11.0. The standard InChI is InChI=1S/C10H24O7P2/c1-2-3-4-5-6-7-8-9-10(18(11,12)13)17-19(14,15)16/h10H,2-9H2,1H3,(H2,11,12,13)(H2,14,15,16). The number of phosphoric acid groups is 1. The second kappa shape index (κ2) is 9.24. The van der Waals surface area contributed by atoms with Gasteiger partial charge in [0, 0.05) is 0 Å². The Labute approximate surface area is 113 Å². The largest absolute Gasteiger partial charge is 0.470 e. The van der Waals surface area contributed by atoms with E-state index in [0.717, 1.165) is 32.1 Å². The van der Waals surface area contributed by atoms with Gasteiger partial charge in [0.05, 0.1) is 0 Å². The van der Waals surface area contributed by atoms with Gasteiger partial charge >= 0.3 is 15.4 Å². The van der Waals surface area contributed by atoms with Crippen molar-refractivity contribution in [3.05, 3.63) is 0 Å². The molecule has 0 saturated carbocycles. The lowest BCUT2D eigenvalue weighted by molar-refractivity contribution is 0.147. The van der Waals surface area contributed by atoms with Crippen molar-refractivity contribution in [1.29, 1.82) is 0 Å². The molecule has 1 atom stereocenters. The van der Waals surface area contributed by atoms with Gasteiger partial charge in [-0.05, 0) is 6.42 Å². The molecule has 0 aromatic heterocycles. The minimum absolute atomic E-state index is 0.0524. The molecule has 7 nitrogen and oxygen atoms in total. The van der Waals surface area contributed by atoms with Crippen LogP contribution in [0.1, 0.15) is 58.3 Å². The van der Waals surface area contributed by atoms with Crippen LogP contribution in [-0.4, -0.2) is 25.4 Å². The summed E-state index contributed by atoms with van der Waals surface area (Å²) in [6.45, 7) is 2.12. The molecule has 0 saturated heterocycles. The third-order valence-corrected chi connectivity index (χ3v) is 4.50. The van der Waals surface area contributed by atoms with Crippen LogP contribution in [-0.2, 0) is 13.7 Å². The molecule has 0 bridgehead atoms. The molecule has 0 spiro atoms. The third-order valence-electron chi connectivity index (χ3n) is 2.69. The van der Waals surface area contributed by atoms with E-state index in [1.54, 1.807) is 0 Å². The fourth-order valence-corrected chi connectivity index (χ4v) is 3.52. The molecule has 0 heterocycles. The lowest BCUT2D eigenvalue weighted by atomic mass is 10.1. The highest BCUT2D eigenvalue weighted by Gasteiger charge is 2.35. The van der Waals surface area contributed by atoms with E-state index in [1.165, 1.54) is 6.42 Å². The summed E-state index contributed by atoms with van der Waals surface area (Å²) in [6, 6.07) is 0. The zero-order valence-corrected chi connectivity index (χ0v) is 12.9. The Bertz CT molecular complexity index is 322. The lowest BCUT2D eigenvalue weighted by Crippen LogP contribution is -2.12. The van der Waals surface area contributed by atoms with Gasteiger partial charge in [0.1, 0.15) is 0 Å². The van der Waals surface area contributed by atoms with E-state index in [1.807, 2.05) is 0 Å². The van der Waals surface area contributed by atoms with E-state index in [2.05, 4.69) is 11.4 Å². The zero-order valence-electron chi connectivity index (χ0n) is 11.1. The van der Waals surface area contributed by atoms with Crippen LogP contribution in [0.3, 0.4) is 0 Å². The van der Waals surface area contributed by atoms with Crippen LogP contribution in [0.25, 0.3) is 0 Å². The lowest BCUT2D eigenvalue weighted by Gasteiger charge is -2.19. The van der Waals surface area contributed by atoms with Gasteiger partial charge in [-0.2, -0.15) is 0 Å². The topological polar surface area (TPSA) is 124 Å². The Morgan fingerprint density at radius 3 is 1.79 bits per heavy atom. The molecule has 0 rings (SSSR count). The van der Waals surface area contributed by atoms with Crippen molar-refractivity contribution in [1.82, 2.24) is 0 Å². The average molecular weight is 318 g/mol. The van der Waals surface area contributed by atoms with Gasteiger partial charge in [-0.25, -0.2) is 4.57 Å². The first-order chi connectivity index (χ1) is 8.67. The molecule has 9 heteroatoms. The fraction of sp³-hybridized carbons (Fsp3) is 1.00. The van der Waals surface area contributed by atoms with Crippen molar-refractivity contribution in [2.45, 2.75) is 64.1 Å². The summed E-state index contributed by atoms with van der Waals surface area (Å²) < 4.78 is 25.8. The van der Waals surface area contributed by atoms with Crippen molar-refractivity contribution < 1.29 is 33.2 Å². The number of phosphoric ester groups is 1.